The van der Waals surface area contributed by atoms with Crippen LogP contribution in [0, 0.1) is 0 Å². The zero-order valence-corrected chi connectivity index (χ0v) is 15.5. The van der Waals surface area contributed by atoms with E-state index in [-0.39, 0.29) is 11.3 Å². The Morgan fingerprint density at radius 1 is 1.19 bits per heavy atom. The standard InChI is InChI=1S/C16H34N2O2S/c1-7-14-12-18(16(8-2,9-3)13-17-14)10-11-21(19,20)15(4,5)6/h14,17H,7-13H2,1-6H3. The summed E-state index contributed by atoms with van der Waals surface area (Å²) in [7, 11) is -3.05. The van der Waals surface area contributed by atoms with Gasteiger partial charge in [-0.3, -0.25) is 4.90 Å². The Bertz CT molecular complexity index is 422. The molecule has 1 rings (SSSR count). The van der Waals surface area contributed by atoms with Gasteiger partial charge in [-0.2, -0.15) is 0 Å². The Morgan fingerprint density at radius 2 is 1.76 bits per heavy atom. The van der Waals surface area contributed by atoms with Crippen LogP contribution in [0.2, 0.25) is 0 Å². The van der Waals surface area contributed by atoms with Gasteiger partial charge in [0.15, 0.2) is 9.84 Å². The van der Waals surface area contributed by atoms with E-state index in [0.29, 0.717) is 12.6 Å². The quantitative estimate of drug-likeness (QED) is 0.817. The average Bonchev–Trinajstić information content (AvgIpc) is 2.43. The maximum atomic E-state index is 12.4. The van der Waals surface area contributed by atoms with Crippen molar-refractivity contribution in [2.24, 2.45) is 0 Å². The first-order valence-corrected chi connectivity index (χ1v) is 9.98. The number of hydrogen-bond acceptors (Lipinski definition) is 4. The van der Waals surface area contributed by atoms with Crippen LogP contribution in [0.4, 0.5) is 0 Å². The van der Waals surface area contributed by atoms with Gasteiger partial charge in [-0.15, -0.1) is 0 Å². The van der Waals surface area contributed by atoms with Crippen LogP contribution >= 0.6 is 0 Å². The minimum atomic E-state index is -3.05. The summed E-state index contributed by atoms with van der Waals surface area (Å²) in [5.41, 5.74) is 0.110. The molecule has 0 radical (unpaired) electrons. The highest BCUT2D eigenvalue weighted by Gasteiger charge is 2.39. The van der Waals surface area contributed by atoms with E-state index in [2.05, 4.69) is 31.0 Å². The first kappa shape index (κ1) is 18.9. The minimum Gasteiger partial charge on any atom is -0.311 e. The molecule has 1 heterocycles. The molecular formula is C16H34N2O2S. The second-order valence-corrected chi connectivity index (χ2v) is 10.2. The zero-order valence-electron chi connectivity index (χ0n) is 14.7. The van der Waals surface area contributed by atoms with E-state index in [4.69, 9.17) is 0 Å². The lowest BCUT2D eigenvalue weighted by molar-refractivity contribution is 0.0363. The Kier molecular flexibility index (Phi) is 6.28. The molecule has 1 atom stereocenters. The maximum absolute atomic E-state index is 12.4. The summed E-state index contributed by atoms with van der Waals surface area (Å²) in [5, 5.41) is 3.63. The van der Waals surface area contributed by atoms with Crippen molar-refractivity contribution < 1.29 is 8.42 Å². The summed E-state index contributed by atoms with van der Waals surface area (Å²) in [6, 6.07) is 0.480. The molecule has 1 aliphatic heterocycles. The smallest absolute Gasteiger partial charge is 0.156 e. The Hall–Kier alpha value is -0.130. The Labute approximate surface area is 131 Å². The lowest BCUT2D eigenvalue weighted by Gasteiger charge is -2.50. The normalized spacial score (nSPS) is 24.2. The lowest BCUT2D eigenvalue weighted by Crippen LogP contribution is -2.64. The molecule has 1 saturated heterocycles. The van der Waals surface area contributed by atoms with Crippen LogP contribution in [0.25, 0.3) is 0 Å². The predicted octanol–water partition coefficient (Wildman–Crippen LogP) is 2.44. The van der Waals surface area contributed by atoms with Gasteiger partial charge in [0.25, 0.3) is 0 Å². The van der Waals surface area contributed by atoms with Gasteiger partial charge >= 0.3 is 0 Å². The van der Waals surface area contributed by atoms with E-state index in [0.717, 1.165) is 32.4 Å². The third kappa shape index (κ3) is 4.20. The van der Waals surface area contributed by atoms with Crippen LogP contribution in [-0.4, -0.2) is 55.0 Å². The van der Waals surface area contributed by atoms with Crippen LogP contribution in [-0.2, 0) is 9.84 Å². The van der Waals surface area contributed by atoms with E-state index in [1.165, 1.54) is 0 Å². The average molecular weight is 319 g/mol. The maximum Gasteiger partial charge on any atom is 0.156 e. The fraction of sp³-hybridized carbons (Fsp3) is 1.00. The molecule has 0 amide bonds. The number of rotatable bonds is 6. The van der Waals surface area contributed by atoms with Crippen molar-refractivity contribution in [3.05, 3.63) is 0 Å². The topological polar surface area (TPSA) is 49.4 Å². The molecule has 21 heavy (non-hydrogen) atoms. The first-order chi connectivity index (χ1) is 9.62. The third-order valence-electron chi connectivity index (χ3n) is 5.20. The molecule has 0 spiro atoms. The van der Waals surface area contributed by atoms with Crippen molar-refractivity contribution >= 4 is 9.84 Å². The molecule has 126 valence electrons. The van der Waals surface area contributed by atoms with E-state index in [1.54, 1.807) is 20.8 Å². The third-order valence-corrected chi connectivity index (χ3v) is 7.79. The Morgan fingerprint density at radius 3 is 2.19 bits per heavy atom. The Balaban J connectivity index is 2.85. The molecule has 0 bridgehead atoms. The van der Waals surface area contributed by atoms with E-state index >= 15 is 0 Å². The molecule has 0 aromatic rings. The second kappa shape index (κ2) is 6.97. The van der Waals surface area contributed by atoms with Gasteiger partial charge in [-0.1, -0.05) is 20.8 Å². The predicted molar refractivity (Wildman–Crippen MR) is 90.5 cm³/mol. The fourth-order valence-electron chi connectivity index (χ4n) is 3.06. The van der Waals surface area contributed by atoms with E-state index < -0.39 is 14.6 Å². The lowest BCUT2D eigenvalue weighted by atomic mass is 9.87. The molecule has 0 aromatic heterocycles. The summed E-state index contributed by atoms with van der Waals surface area (Å²) in [6.45, 7) is 14.6. The van der Waals surface area contributed by atoms with Gasteiger partial charge in [-0.25, -0.2) is 8.42 Å². The van der Waals surface area contributed by atoms with Gasteiger partial charge in [0.1, 0.15) is 0 Å². The highest BCUT2D eigenvalue weighted by atomic mass is 32.2. The molecule has 0 aromatic carbocycles. The molecule has 5 heteroatoms. The van der Waals surface area contributed by atoms with Crippen molar-refractivity contribution in [2.45, 2.75) is 77.1 Å². The van der Waals surface area contributed by atoms with E-state index in [9.17, 15) is 8.42 Å². The highest BCUT2D eigenvalue weighted by Crippen LogP contribution is 2.28. The fourth-order valence-corrected chi connectivity index (χ4v) is 4.13. The van der Waals surface area contributed by atoms with Crippen molar-refractivity contribution in [3.63, 3.8) is 0 Å². The summed E-state index contributed by atoms with van der Waals surface area (Å²) in [5.74, 6) is 0.259. The SMILES string of the molecule is CCC1CN(CCS(=O)(=O)C(C)(C)C)C(CC)(CC)CN1. The number of hydrogen-bond donors (Lipinski definition) is 1. The van der Waals surface area contributed by atoms with Gasteiger partial charge in [0.2, 0.25) is 0 Å². The van der Waals surface area contributed by atoms with Crippen LogP contribution < -0.4 is 5.32 Å². The van der Waals surface area contributed by atoms with Crippen LogP contribution in [0.5, 0.6) is 0 Å². The number of sulfone groups is 1. The van der Waals surface area contributed by atoms with E-state index in [1.807, 2.05) is 0 Å². The van der Waals surface area contributed by atoms with Gasteiger partial charge in [0, 0.05) is 31.2 Å². The summed E-state index contributed by atoms with van der Waals surface area (Å²) in [6.07, 6.45) is 3.21. The molecular weight excluding hydrogens is 284 g/mol. The van der Waals surface area contributed by atoms with Crippen LogP contribution in [0.3, 0.4) is 0 Å². The largest absolute Gasteiger partial charge is 0.311 e. The van der Waals surface area contributed by atoms with Crippen LogP contribution in [0.15, 0.2) is 0 Å². The number of nitrogens with zero attached hydrogens (tertiary/aromatic N) is 1. The molecule has 0 aliphatic carbocycles. The zero-order chi connectivity index (χ0) is 16.3. The summed E-state index contributed by atoms with van der Waals surface area (Å²) in [4.78, 5) is 2.43. The number of nitrogens with one attached hydrogen (secondary N) is 1. The van der Waals surface area contributed by atoms with Crippen molar-refractivity contribution in [1.29, 1.82) is 0 Å². The highest BCUT2D eigenvalue weighted by molar-refractivity contribution is 7.92. The van der Waals surface area contributed by atoms with Crippen molar-refractivity contribution in [1.82, 2.24) is 10.2 Å². The summed E-state index contributed by atoms with van der Waals surface area (Å²) < 4.78 is 24.1. The van der Waals surface area contributed by atoms with Gasteiger partial charge in [0.05, 0.1) is 10.5 Å². The van der Waals surface area contributed by atoms with Gasteiger partial charge in [-0.05, 0) is 40.0 Å². The van der Waals surface area contributed by atoms with Gasteiger partial charge < -0.3 is 5.32 Å². The monoisotopic (exact) mass is 318 g/mol. The van der Waals surface area contributed by atoms with Crippen molar-refractivity contribution in [3.8, 4) is 0 Å². The van der Waals surface area contributed by atoms with Crippen LogP contribution in [0.1, 0.15) is 60.8 Å². The molecule has 4 nitrogen and oxygen atoms in total. The number of piperazine rings is 1. The molecule has 1 fully saturated rings. The van der Waals surface area contributed by atoms with Crippen molar-refractivity contribution in [2.75, 3.05) is 25.4 Å². The second-order valence-electron chi connectivity index (χ2n) is 7.29. The molecule has 1 N–H and O–H groups in total. The molecule has 1 aliphatic rings. The first-order valence-electron chi connectivity index (χ1n) is 8.32. The molecule has 0 saturated carbocycles. The molecule has 1 unspecified atom stereocenters. The summed E-state index contributed by atoms with van der Waals surface area (Å²) >= 11 is 0. The minimum absolute atomic E-state index is 0.110.